The van der Waals surface area contributed by atoms with Crippen molar-refractivity contribution in [3.05, 3.63) is 17.7 Å². The van der Waals surface area contributed by atoms with Gasteiger partial charge in [0.15, 0.2) is 11.5 Å². The van der Waals surface area contributed by atoms with Crippen molar-refractivity contribution in [1.82, 2.24) is 4.72 Å². The van der Waals surface area contributed by atoms with Gasteiger partial charge in [-0.05, 0) is 25.5 Å². The minimum Gasteiger partial charge on any atom is -0.454 e. The van der Waals surface area contributed by atoms with Crippen molar-refractivity contribution in [3.63, 3.8) is 0 Å². The van der Waals surface area contributed by atoms with Gasteiger partial charge in [0.2, 0.25) is 16.8 Å². The molecule has 1 aliphatic rings. The molecule has 0 radical (unpaired) electrons. The molecule has 1 atom stereocenters. The summed E-state index contributed by atoms with van der Waals surface area (Å²) in [4.78, 5) is 0.187. The SMILES string of the molecule is Cc1cc2c(cc1S(=O)(=O)N[C@@H](C)CN)OCO2.Cl. The summed E-state index contributed by atoms with van der Waals surface area (Å²) >= 11 is 0. The molecule has 0 saturated heterocycles. The molecule has 1 aliphatic heterocycles. The van der Waals surface area contributed by atoms with E-state index < -0.39 is 10.0 Å². The lowest BCUT2D eigenvalue weighted by Gasteiger charge is -2.14. The standard InChI is InChI=1S/C11H16N2O4S.ClH/c1-7-3-9-10(17-6-16-9)4-11(7)18(14,15)13-8(2)5-12;/h3-4,8,13H,5-6,12H2,1-2H3;1H/t8-;/m0./s1. The fourth-order valence-electron chi connectivity index (χ4n) is 1.69. The maximum absolute atomic E-state index is 12.2. The molecule has 0 amide bonds. The first-order valence-corrected chi connectivity index (χ1v) is 7.05. The highest BCUT2D eigenvalue weighted by atomic mass is 35.5. The van der Waals surface area contributed by atoms with Gasteiger partial charge in [-0.1, -0.05) is 0 Å². The van der Waals surface area contributed by atoms with E-state index >= 15 is 0 Å². The minimum atomic E-state index is -3.59. The van der Waals surface area contributed by atoms with Crippen molar-refractivity contribution in [3.8, 4) is 11.5 Å². The third kappa shape index (κ3) is 3.30. The van der Waals surface area contributed by atoms with E-state index in [9.17, 15) is 8.42 Å². The predicted octanol–water partition coefficient (Wildman–Crippen LogP) is 0.771. The Bertz CT molecular complexity index is 562. The number of hydrogen-bond donors (Lipinski definition) is 2. The van der Waals surface area contributed by atoms with Crippen LogP contribution in [-0.4, -0.2) is 27.8 Å². The molecule has 8 heteroatoms. The van der Waals surface area contributed by atoms with E-state index in [0.717, 1.165) is 0 Å². The van der Waals surface area contributed by atoms with Gasteiger partial charge in [-0.25, -0.2) is 13.1 Å². The molecule has 0 aliphatic carbocycles. The second-order valence-electron chi connectivity index (χ2n) is 4.23. The Hall–Kier alpha value is -1.02. The molecule has 19 heavy (non-hydrogen) atoms. The Morgan fingerprint density at radius 1 is 1.37 bits per heavy atom. The van der Waals surface area contributed by atoms with Gasteiger partial charge >= 0.3 is 0 Å². The second kappa shape index (κ2) is 5.96. The number of benzene rings is 1. The van der Waals surface area contributed by atoms with E-state index in [1.807, 2.05) is 0 Å². The highest BCUT2D eigenvalue weighted by molar-refractivity contribution is 7.89. The molecule has 0 aromatic heterocycles. The Kier molecular flexibility index (Phi) is 5.03. The molecule has 0 spiro atoms. The summed E-state index contributed by atoms with van der Waals surface area (Å²) in [6.45, 7) is 3.78. The van der Waals surface area contributed by atoms with Crippen LogP contribution in [0.3, 0.4) is 0 Å². The summed E-state index contributed by atoms with van der Waals surface area (Å²) in [7, 11) is -3.59. The topological polar surface area (TPSA) is 90.7 Å². The summed E-state index contributed by atoms with van der Waals surface area (Å²) in [5, 5.41) is 0. The zero-order valence-corrected chi connectivity index (χ0v) is 12.3. The predicted molar refractivity (Wildman–Crippen MR) is 73.4 cm³/mol. The van der Waals surface area contributed by atoms with Gasteiger partial charge in [0.05, 0.1) is 4.90 Å². The highest BCUT2D eigenvalue weighted by Crippen LogP contribution is 2.36. The van der Waals surface area contributed by atoms with Crippen LogP contribution in [-0.2, 0) is 10.0 Å². The smallest absolute Gasteiger partial charge is 0.241 e. The molecule has 6 nitrogen and oxygen atoms in total. The lowest BCUT2D eigenvalue weighted by Crippen LogP contribution is -2.38. The van der Waals surface area contributed by atoms with E-state index in [1.54, 1.807) is 19.9 Å². The lowest BCUT2D eigenvalue weighted by atomic mass is 10.2. The van der Waals surface area contributed by atoms with Crippen LogP contribution in [0, 0.1) is 6.92 Å². The fraction of sp³-hybridized carbons (Fsp3) is 0.455. The molecule has 0 unspecified atom stereocenters. The Labute approximate surface area is 118 Å². The summed E-state index contributed by atoms with van der Waals surface area (Å²) in [5.41, 5.74) is 6.02. The van der Waals surface area contributed by atoms with Crippen LogP contribution in [0.5, 0.6) is 11.5 Å². The van der Waals surface area contributed by atoms with Gasteiger partial charge in [0.25, 0.3) is 0 Å². The number of ether oxygens (including phenoxy) is 2. The Morgan fingerprint density at radius 2 is 1.95 bits per heavy atom. The number of sulfonamides is 1. The van der Waals surface area contributed by atoms with Crippen LogP contribution in [0.2, 0.25) is 0 Å². The second-order valence-corrected chi connectivity index (χ2v) is 5.91. The van der Waals surface area contributed by atoms with Crippen LogP contribution < -0.4 is 19.9 Å². The van der Waals surface area contributed by atoms with Gasteiger partial charge < -0.3 is 15.2 Å². The molecular formula is C11H17ClN2O4S. The van der Waals surface area contributed by atoms with Crippen LogP contribution in [0.15, 0.2) is 17.0 Å². The quantitative estimate of drug-likeness (QED) is 0.857. The van der Waals surface area contributed by atoms with Gasteiger partial charge in [0.1, 0.15) is 0 Å². The zero-order chi connectivity index (χ0) is 13.3. The Morgan fingerprint density at radius 3 is 2.53 bits per heavy atom. The summed E-state index contributed by atoms with van der Waals surface area (Å²) in [5.74, 6) is 1.01. The first-order valence-electron chi connectivity index (χ1n) is 5.56. The van der Waals surface area contributed by atoms with Crippen molar-refractivity contribution >= 4 is 22.4 Å². The van der Waals surface area contributed by atoms with Gasteiger partial charge in [0, 0.05) is 18.7 Å². The number of nitrogens with one attached hydrogen (secondary N) is 1. The molecule has 3 N–H and O–H groups in total. The first kappa shape index (κ1) is 16.0. The first-order chi connectivity index (χ1) is 8.44. The van der Waals surface area contributed by atoms with Crippen molar-refractivity contribution in [1.29, 1.82) is 0 Å². The van der Waals surface area contributed by atoms with Crippen LogP contribution >= 0.6 is 12.4 Å². The maximum Gasteiger partial charge on any atom is 0.241 e. The van der Waals surface area contributed by atoms with Crippen molar-refractivity contribution < 1.29 is 17.9 Å². The molecule has 0 bridgehead atoms. The molecule has 108 valence electrons. The number of aryl methyl sites for hydroxylation is 1. The minimum absolute atomic E-state index is 0. The van der Waals surface area contributed by atoms with Crippen LogP contribution in [0.4, 0.5) is 0 Å². The molecule has 0 fully saturated rings. The number of rotatable bonds is 4. The van der Waals surface area contributed by atoms with E-state index in [0.29, 0.717) is 17.1 Å². The van der Waals surface area contributed by atoms with Gasteiger partial charge in [-0.2, -0.15) is 0 Å². The number of fused-ring (bicyclic) bond motifs is 1. The van der Waals surface area contributed by atoms with E-state index in [2.05, 4.69) is 4.72 Å². The average Bonchev–Trinajstić information content (AvgIpc) is 2.74. The Balaban J connectivity index is 0.00000180. The average molecular weight is 309 g/mol. The monoisotopic (exact) mass is 308 g/mol. The van der Waals surface area contributed by atoms with Crippen molar-refractivity contribution in [2.75, 3.05) is 13.3 Å². The summed E-state index contributed by atoms with van der Waals surface area (Å²) < 4.78 is 37.2. The molecule has 0 saturated carbocycles. The van der Waals surface area contributed by atoms with Gasteiger partial charge in [-0.3, -0.25) is 0 Å². The third-order valence-electron chi connectivity index (χ3n) is 2.67. The van der Waals surface area contributed by atoms with Gasteiger partial charge in [-0.15, -0.1) is 12.4 Å². The molecule has 1 heterocycles. The van der Waals surface area contributed by atoms with Crippen LogP contribution in [0.25, 0.3) is 0 Å². The van der Waals surface area contributed by atoms with Crippen molar-refractivity contribution in [2.45, 2.75) is 24.8 Å². The van der Waals surface area contributed by atoms with E-state index in [4.69, 9.17) is 15.2 Å². The van der Waals surface area contributed by atoms with E-state index in [-0.39, 0.29) is 36.7 Å². The number of halogens is 1. The normalized spacial score (nSPS) is 14.9. The van der Waals surface area contributed by atoms with E-state index in [1.165, 1.54) is 6.07 Å². The summed E-state index contributed by atoms with van der Waals surface area (Å²) in [6, 6.07) is 2.81. The molecule has 2 rings (SSSR count). The maximum atomic E-state index is 12.2. The largest absolute Gasteiger partial charge is 0.454 e. The van der Waals surface area contributed by atoms with Crippen LogP contribution in [0.1, 0.15) is 12.5 Å². The molecular weight excluding hydrogens is 292 g/mol. The van der Waals surface area contributed by atoms with Crippen molar-refractivity contribution in [2.24, 2.45) is 5.73 Å². The third-order valence-corrected chi connectivity index (χ3v) is 4.40. The number of hydrogen-bond acceptors (Lipinski definition) is 5. The summed E-state index contributed by atoms with van der Waals surface area (Å²) in [6.07, 6.45) is 0. The molecule has 1 aromatic rings. The highest BCUT2D eigenvalue weighted by Gasteiger charge is 2.24. The molecule has 1 aromatic carbocycles. The number of nitrogens with two attached hydrogens (primary N) is 1. The lowest BCUT2D eigenvalue weighted by molar-refractivity contribution is 0.174. The zero-order valence-electron chi connectivity index (χ0n) is 10.7. The fourth-order valence-corrected chi connectivity index (χ4v) is 3.19.